The van der Waals surface area contributed by atoms with Crippen molar-refractivity contribution in [1.29, 1.82) is 0 Å². The van der Waals surface area contributed by atoms with Gasteiger partial charge in [0.2, 0.25) is 0 Å². The van der Waals surface area contributed by atoms with Gasteiger partial charge >= 0.3 is 0 Å². The lowest BCUT2D eigenvalue weighted by Gasteiger charge is -2.51. The molecule has 0 amide bonds. The summed E-state index contributed by atoms with van der Waals surface area (Å²) in [5, 5.41) is 1.62. The zero-order chi connectivity index (χ0) is 21.7. The van der Waals surface area contributed by atoms with E-state index in [-0.39, 0.29) is 5.56 Å². The number of rotatable bonds is 4. The van der Waals surface area contributed by atoms with Crippen molar-refractivity contribution in [3.05, 3.63) is 27.1 Å². The van der Waals surface area contributed by atoms with E-state index in [2.05, 4.69) is 47.7 Å². The molecule has 2 aromatic rings. The van der Waals surface area contributed by atoms with E-state index < -0.39 is 0 Å². The van der Waals surface area contributed by atoms with Gasteiger partial charge in [-0.2, -0.15) is 0 Å². The molecule has 8 heteroatoms. The van der Waals surface area contributed by atoms with Crippen LogP contribution in [0.5, 0.6) is 0 Å². The third-order valence-electron chi connectivity index (χ3n) is 6.66. The Morgan fingerprint density at radius 1 is 1.20 bits per heavy atom. The van der Waals surface area contributed by atoms with Crippen LogP contribution in [-0.2, 0) is 7.05 Å². The summed E-state index contributed by atoms with van der Waals surface area (Å²) in [5.74, 6) is 0. The van der Waals surface area contributed by atoms with Crippen molar-refractivity contribution in [3.8, 4) is 0 Å². The minimum atomic E-state index is 0.0293. The maximum Gasteiger partial charge on any atom is 0.277 e. The first-order valence-corrected chi connectivity index (χ1v) is 11.1. The molecule has 4 rings (SSSR count). The second-order valence-corrected chi connectivity index (χ2v) is 9.59. The third-order valence-corrected chi connectivity index (χ3v) is 7.04. The molecule has 2 unspecified atom stereocenters. The molecule has 164 valence electrons. The molecule has 0 radical (unpaired) electrons. The molecular weight excluding hydrogens is 400 g/mol. The van der Waals surface area contributed by atoms with Crippen molar-refractivity contribution < 1.29 is 0 Å². The Kier molecular flexibility index (Phi) is 5.72. The first-order valence-electron chi connectivity index (χ1n) is 10.8. The molecule has 2 aliphatic heterocycles. The van der Waals surface area contributed by atoms with E-state index >= 15 is 0 Å². The average molecular weight is 433 g/mol. The van der Waals surface area contributed by atoms with E-state index in [1.165, 1.54) is 0 Å². The van der Waals surface area contributed by atoms with Crippen LogP contribution in [0.25, 0.3) is 11.0 Å². The van der Waals surface area contributed by atoms with Crippen LogP contribution >= 0.6 is 11.6 Å². The molecule has 0 aromatic carbocycles. The first-order chi connectivity index (χ1) is 14.2. The summed E-state index contributed by atoms with van der Waals surface area (Å²) in [4.78, 5) is 27.6. The van der Waals surface area contributed by atoms with Gasteiger partial charge in [0.25, 0.3) is 5.56 Å². The lowest BCUT2D eigenvalue weighted by molar-refractivity contribution is 0.198. The van der Waals surface area contributed by atoms with Crippen LogP contribution in [0.15, 0.2) is 10.9 Å². The molecule has 2 aliphatic rings. The van der Waals surface area contributed by atoms with Crippen LogP contribution in [0.2, 0.25) is 5.02 Å². The normalized spacial score (nSPS) is 22.0. The number of aromatic nitrogens is 2. The van der Waals surface area contributed by atoms with E-state index in [0.717, 1.165) is 61.6 Å². The fourth-order valence-electron chi connectivity index (χ4n) is 4.80. The van der Waals surface area contributed by atoms with Crippen LogP contribution in [0.3, 0.4) is 0 Å². The van der Waals surface area contributed by atoms with Crippen LogP contribution in [0.4, 0.5) is 11.4 Å². The van der Waals surface area contributed by atoms with E-state index in [1.807, 2.05) is 20.0 Å². The molecule has 0 saturated carbocycles. The Morgan fingerprint density at radius 3 is 2.63 bits per heavy atom. The number of hydrogen-bond donors (Lipinski definition) is 0. The van der Waals surface area contributed by atoms with Crippen LogP contribution in [0.1, 0.15) is 19.0 Å². The summed E-state index contributed by atoms with van der Waals surface area (Å²) in [5.41, 5.74) is 3.31. The number of aryl methyl sites for hydroxylation is 2. The molecule has 0 aliphatic carbocycles. The Balaban J connectivity index is 1.92. The standard InChI is InChI=1S/C22H33ClN6O/c1-14-11-29-16(12-26(14)5)13-28(9-7-8-25(3)4)20-19(29)17-10-18(23)15(2)24-21(17)27(6)22(20)30/h10,14,16H,7-9,11-13H2,1-6H3. The minimum Gasteiger partial charge on any atom is -0.363 e. The second-order valence-electron chi connectivity index (χ2n) is 9.19. The van der Waals surface area contributed by atoms with Gasteiger partial charge < -0.3 is 14.7 Å². The Labute approximate surface area is 183 Å². The Bertz CT molecular complexity index is 1020. The molecule has 2 aromatic heterocycles. The lowest BCUT2D eigenvalue weighted by Crippen LogP contribution is -2.63. The Hall–Kier alpha value is -1.83. The van der Waals surface area contributed by atoms with Gasteiger partial charge in [-0.3, -0.25) is 14.3 Å². The van der Waals surface area contributed by atoms with Crippen LogP contribution < -0.4 is 15.4 Å². The summed E-state index contributed by atoms with van der Waals surface area (Å²) < 4.78 is 1.69. The lowest BCUT2D eigenvalue weighted by atomic mass is 9.99. The molecule has 0 bridgehead atoms. The largest absolute Gasteiger partial charge is 0.363 e. The number of anilines is 2. The first kappa shape index (κ1) is 21.4. The highest BCUT2D eigenvalue weighted by atomic mass is 35.5. The van der Waals surface area contributed by atoms with Crippen molar-refractivity contribution in [1.82, 2.24) is 19.4 Å². The predicted octanol–water partition coefficient (Wildman–Crippen LogP) is 2.18. The summed E-state index contributed by atoms with van der Waals surface area (Å²) in [6.07, 6.45) is 1.01. The summed E-state index contributed by atoms with van der Waals surface area (Å²) in [6.45, 7) is 8.74. The SMILES string of the molecule is Cc1nc2c(cc1Cl)c1c(c(=O)n2C)N(CCCN(C)C)CC2CN(C)C(C)CN12. The van der Waals surface area contributed by atoms with Gasteiger partial charge in [0.15, 0.2) is 0 Å². The van der Waals surface area contributed by atoms with E-state index in [9.17, 15) is 4.79 Å². The van der Waals surface area contributed by atoms with E-state index in [1.54, 1.807) is 4.57 Å². The van der Waals surface area contributed by atoms with Crippen molar-refractivity contribution in [2.45, 2.75) is 32.4 Å². The zero-order valence-electron chi connectivity index (χ0n) is 18.9. The molecule has 1 fully saturated rings. The van der Waals surface area contributed by atoms with Crippen molar-refractivity contribution >= 4 is 34.0 Å². The molecular formula is C22H33ClN6O. The van der Waals surface area contributed by atoms with Gasteiger partial charge in [-0.1, -0.05) is 11.6 Å². The van der Waals surface area contributed by atoms with Crippen molar-refractivity contribution in [3.63, 3.8) is 0 Å². The maximum absolute atomic E-state index is 13.6. The monoisotopic (exact) mass is 432 g/mol. The predicted molar refractivity (Wildman–Crippen MR) is 125 cm³/mol. The molecule has 2 atom stereocenters. The highest BCUT2D eigenvalue weighted by Crippen LogP contribution is 2.41. The highest BCUT2D eigenvalue weighted by Gasteiger charge is 2.39. The molecule has 7 nitrogen and oxygen atoms in total. The number of piperazine rings is 1. The molecule has 30 heavy (non-hydrogen) atoms. The quantitative estimate of drug-likeness (QED) is 0.738. The van der Waals surface area contributed by atoms with E-state index in [4.69, 9.17) is 16.6 Å². The average Bonchev–Trinajstić information content (AvgIpc) is 2.68. The summed E-state index contributed by atoms with van der Waals surface area (Å²) in [7, 11) is 8.19. The molecule has 0 N–H and O–H groups in total. The second kappa shape index (κ2) is 8.02. The minimum absolute atomic E-state index is 0.0293. The summed E-state index contributed by atoms with van der Waals surface area (Å²) >= 11 is 6.51. The van der Waals surface area contributed by atoms with Crippen molar-refractivity contribution in [2.75, 3.05) is 63.7 Å². The maximum atomic E-state index is 13.6. The van der Waals surface area contributed by atoms with Crippen LogP contribution in [0, 0.1) is 6.92 Å². The van der Waals surface area contributed by atoms with E-state index in [0.29, 0.717) is 22.8 Å². The van der Waals surface area contributed by atoms with Gasteiger partial charge in [0.1, 0.15) is 11.3 Å². The molecule has 1 saturated heterocycles. The highest BCUT2D eigenvalue weighted by molar-refractivity contribution is 6.32. The van der Waals surface area contributed by atoms with Crippen LogP contribution in [-0.4, -0.2) is 85.3 Å². The number of halogens is 1. The van der Waals surface area contributed by atoms with Gasteiger partial charge in [-0.15, -0.1) is 0 Å². The fourth-order valence-corrected chi connectivity index (χ4v) is 4.95. The van der Waals surface area contributed by atoms with Crippen molar-refractivity contribution in [2.24, 2.45) is 7.05 Å². The zero-order valence-corrected chi connectivity index (χ0v) is 19.7. The summed E-state index contributed by atoms with van der Waals surface area (Å²) in [6, 6.07) is 2.76. The Morgan fingerprint density at radius 2 is 1.93 bits per heavy atom. The number of likely N-dealkylation sites (N-methyl/N-ethyl adjacent to an activating group) is 1. The molecule has 0 spiro atoms. The molecule has 4 heterocycles. The smallest absolute Gasteiger partial charge is 0.277 e. The van der Waals surface area contributed by atoms with Gasteiger partial charge in [-0.25, -0.2) is 4.98 Å². The number of fused-ring (bicyclic) bond motifs is 5. The third kappa shape index (κ3) is 3.57. The number of nitrogens with zero attached hydrogens (tertiary/aromatic N) is 6. The van der Waals surface area contributed by atoms with Gasteiger partial charge in [0, 0.05) is 44.7 Å². The fraction of sp³-hybridized carbons (Fsp3) is 0.636. The number of hydrogen-bond acceptors (Lipinski definition) is 6. The number of pyridine rings is 2. The van der Waals surface area contributed by atoms with Gasteiger partial charge in [0.05, 0.1) is 22.4 Å². The van der Waals surface area contributed by atoms with Gasteiger partial charge in [-0.05, 0) is 54.0 Å². The topological polar surface area (TPSA) is 47.9 Å².